The summed E-state index contributed by atoms with van der Waals surface area (Å²) >= 11 is 0. The summed E-state index contributed by atoms with van der Waals surface area (Å²) in [6.45, 7) is 39.7. The van der Waals surface area contributed by atoms with Crippen LogP contribution in [0.2, 0.25) is 78.6 Å². The number of nitrogens with zero attached hydrogens (tertiary/aromatic N) is 8. The number of rotatable bonds is 20. The van der Waals surface area contributed by atoms with Gasteiger partial charge in [-0.05, 0) is 139 Å². The van der Waals surface area contributed by atoms with Crippen molar-refractivity contribution in [2.45, 2.75) is 184 Å². The molecule has 17 rings (SSSR count). The quantitative estimate of drug-likeness (QED) is 0.0422. The summed E-state index contributed by atoms with van der Waals surface area (Å²) in [5, 5.41) is 5.83. The van der Waals surface area contributed by atoms with Crippen LogP contribution in [0.5, 0.6) is 0 Å². The first kappa shape index (κ1) is 82.7. The Bertz CT molecular complexity index is 7170. The predicted molar refractivity (Wildman–Crippen MR) is 561 cm³/mol. The van der Waals surface area contributed by atoms with Crippen molar-refractivity contribution in [1.29, 1.82) is 0 Å². The van der Waals surface area contributed by atoms with Gasteiger partial charge in [-0.25, -0.2) is 0 Å². The van der Waals surface area contributed by atoms with Crippen LogP contribution in [0.4, 0.5) is 0 Å². The first-order valence-corrected chi connectivity index (χ1v) is 58.2. The third-order valence-corrected chi connectivity index (χ3v) is 28.9. The van der Waals surface area contributed by atoms with Crippen molar-refractivity contribution in [3.05, 3.63) is 411 Å². The minimum atomic E-state index is -1.49. The van der Waals surface area contributed by atoms with Gasteiger partial charge in [0.25, 0.3) is 0 Å². The second-order valence-corrected chi connectivity index (χ2v) is 56.6. The molecule has 0 atom stereocenters. The maximum atomic E-state index is 8.02. The topological polar surface area (TPSA) is 103 Å². The Morgan fingerprint density at radius 2 is 0.657 bits per heavy atom. The van der Waals surface area contributed by atoms with Gasteiger partial charge in [-0.1, -0.05) is 247 Å². The molecule has 8 nitrogen and oxygen atoms in total. The van der Waals surface area contributed by atoms with Crippen molar-refractivity contribution in [3.63, 3.8) is 0 Å². The van der Waals surface area contributed by atoms with E-state index >= 15 is 0 Å². The molecule has 0 N–H and O–H groups in total. The molecule has 0 aliphatic heterocycles. The first-order chi connectivity index (χ1) is 71.6. The molecule has 0 amide bonds. The maximum absolute atomic E-state index is 8.02. The van der Waals surface area contributed by atoms with E-state index in [-0.39, 0.29) is 211 Å². The molecule has 8 aromatic heterocycles. The molecule has 0 spiro atoms. The summed E-state index contributed by atoms with van der Waals surface area (Å²) < 4.78 is 166. The van der Waals surface area contributed by atoms with Gasteiger partial charge in [0.15, 0.2) is 0 Å². The SMILES string of the molecule is CC(C)(C)Cc1cc(-c2[c-]cccc2)ncc1[Si](C)(C)C.CCCCCc1cc(-c2[c-]cccc2)ncc1[Si](C)(C)C.C[Si](C)(C)c1cnc(-c2[c-]cccc2)cc1CC1CCCC1.[2H]c1[c-]c(-c2cc(CC)c([Si](C)(C)C)cn2)c([2H])c([2H])c1[2H].[2H]c1[c-]c(-c2nc([2H])c([2H])c([2H])c2[2H])cc([2H])c1[2H].[2H]c1[c-]c(-c2nc([2H])c([2H])c([2H])c2[2H])cc([2H])c1[2H].[2H]c1nc(-c2[c-]cccc2)c([2H])c([2H])c1[2H].[Ir].[Ir].[Ir].[Ir].[c-]1ccccc1-c1ccccn1. The second-order valence-electron chi connectivity index (χ2n) is 36.4. The van der Waals surface area contributed by atoms with Crippen molar-refractivity contribution in [2.75, 3.05) is 0 Å². The van der Waals surface area contributed by atoms with Gasteiger partial charge in [-0.3, -0.25) is 0 Å². The fourth-order valence-corrected chi connectivity index (χ4v) is 20.7. The molecule has 1 saturated carbocycles. The molecule has 1 aliphatic rings. The number of aromatic nitrogens is 8. The van der Waals surface area contributed by atoms with Crippen LogP contribution >= 0.6 is 0 Å². The molecule has 702 valence electrons. The number of benzene rings is 8. The second kappa shape index (κ2) is 58.1. The Morgan fingerprint density at radius 3 is 1.03 bits per heavy atom. The molecule has 16 heteroatoms. The van der Waals surface area contributed by atoms with Crippen LogP contribution in [-0.2, 0) is 106 Å². The van der Waals surface area contributed by atoms with E-state index in [4.69, 9.17) is 45.1 Å². The standard InChI is InChI=1S/C20H26NSi.2C19H26NSi.C16H20NSi.4C11H8N.4Ir/c1-22(2,3)20-15-21-19(17-11-5-4-6-12-17)14-18(20)13-16-9-7-8-10-16;1-19(2,3)13-16-12-17(15-10-8-7-9-11-15)20-14-18(16)21(4,5)6;1-5-6-8-13-17-14-18(16-11-9-7-10-12-16)20-15-19(17)21(2,3)4;1-5-13-11-15(14-9-7-6-8-10-14)17-12-16(13)18(2,3)4;4*1-2-6-10(7-3-1)11-8-4-5-9-12-11;;;;/h4-6,11,14-16H,7-10,13H2,1-3H3;7-10,12,14H,13H2,1-6H3;7,9-11,14-15H,5-6,8,13H2,1-4H3;6-9,11-12H,5H2,1-4H3;4*1-6,8-9H;;;;/q8*-1;;;;/i;;;6D,7D,8D,9D;2*1D,2D,3D,4D,5D,8D,9D;4D,5D,8D,9D;;;;;. The van der Waals surface area contributed by atoms with E-state index in [0.29, 0.717) is 16.8 Å². The molecular weight excluding hydrogens is 2410 g/mol. The first-order valence-electron chi connectivity index (χ1n) is 55.2. The van der Waals surface area contributed by atoms with Crippen LogP contribution in [0.1, 0.15) is 132 Å². The minimum absolute atomic E-state index is 0. The van der Waals surface area contributed by atoms with Crippen molar-refractivity contribution in [3.8, 4) is 90.1 Å². The molecule has 134 heavy (non-hydrogen) atoms. The fourth-order valence-electron chi connectivity index (χ4n) is 14.3. The van der Waals surface area contributed by atoms with E-state index in [1.54, 1.807) is 41.2 Å². The molecular formula is C118H130Ir4N8Si4-8. The molecule has 0 bridgehead atoms. The summed E-state index contributed by atoms with van der Waals surface area (Å²) in [5.74, 6) is 0.880. The van der Waals surface area contributed by atoms with Crippen LogP contribution in [0, 0.1) is 59.9 Å². The zero-order valence-corrected chi connectivity index (χ0v) is 93.0. The summed E-state index contributed by atoms with van der Waals surface area (Å²) in [6.07, 6.45) is 22.7. The molecule has 8 heterocycles. The zero-order valence-electron chi connectivity index (χ0n) is 101. The van der Waals surface area contributed by atoms with Gasteiger partial charge in [-0.15, -0.1) is 287 Å². The summed E-state index contributed by atoms with van der Waals surface area (Å²) in [7, 11) is -5.55. The third-order valence-electron chi connectivity index (χ3n) is 20.7. The Balaban J connectivity index is 0.000000271. The van der Waals surface area contributed by atoms with Gasteiger partial charge in [-0.2, -0.15) is 0 Å². The van der Waals surface area contributed by atoms with Gasteiger partial charge < -0.3 is 39.9 Å². The van der Waals surface area contributed by atoms with Gasteiger partial charge in [0, 0.05) is 138 Å². The van der Waals surface area contributed by atoms with Crippen molar-refractivity contribution in [1.82, 2.24) is 39.9 Å². The Morgan fingerprint density at radius 1 is 0.321 bits per heavy atom. The van der Waals surface area contributed by atoms with Crippen LogP contribution in [0.25, 0.3) is 90.1 Å². The van der Waals surface area contributed by atoms with Crippen LogP contribution < -0.4 is 20.7 Å². The van der Waals surface area contributed by atoms with Crippen LogP contribution in [0.15, 0.2) is 340 Å². The summed E-state index contributed by atoms with van der Waals surface area (Å²) in [5.41, 5.74) is 16.2. The summed E-state index contributed by atoms with van der Waals surface area (Å²) in [4.78, 5) is 34.1. The maximum Gasteiger partial charge on any atom is 0.0830 e. The Kier molecular flexibility index (Phi) is 35.8. The average molecular weight is 2560 g/mol. The molecule has 0 unspecified atom stereocenters. The molecule has 4 radical (unpaired) electrons. The van der Waals surface area contributed by atoms with Crippen molar-refractivity contribution >= 4 is 53.0 Å². The van der Waals surface area contributed by atoms with E-state index in [0.717, 1.165) is 63.8 Å². The van der Waals surface area contributed by atoms with E-state index in [1.165, 1.54) is 102 Å². The van der Waals surface area contributed by atoms with Gasteiger partial charge in [0.05, 0.1) is 48.7 Å². The van der Waals surface area contributed by atoms with Crippen LogP contribution in [0.3, 0.4) is 0 Å². The normalized spacial score (nSPS) is 13.7. The Labute approximate surface area is 892 Å². The Hall–Kier alpha value is -9.58. The van der Waals surface area contributed by atoms with E-state index in [9.17, 15) is 0 Å². The molecule has 8 aromatic carbocycles. The summed E-state index contributed by atoms with van der Waals surface area (Å²) in [6, 6.07) is 74.3. The molecule has 16 aromatic rings. The van der Waals surface area contributed by atoms with Gasteiger partial charge in [0.2, 0.25) is 0 Å². The van der Waals surface area contributed by atoms with Gasteiger partial charge >= 0.3 is 0 Å². The monoisotopic (exact) mass is 2560 g/mol. The third kappa shape index (κ3) is 38.2. The number of hydrogen-bond donors (Lipinski definition) is 0. The van der Waals surface area contributed by atoms with E-state index < -0.39 is 68.8 Å². The van der Waals surface area contributed by atoms with E-state index in [2.05, 4.69) is 254 Å². The van der Waals surface area contributed by atoms with Crippen molar-refractivity contribution in [2.24, 2.45) is 11.3 Å². The van der Waals surface area contributed by atoms with E-state index in [1.807, 2.05) is 97.2 Å². The smallest absolute Gasteiger partial charge is 0.0830 e. The molecule has 0 saturated heterocycles. The fraction of sp³-hybridized carbons (Fsp3) is 0.254. The van der Waals surface area contributed by atoms with Crippen molar-refractivity contribution < 1.29 is 111 Å². The largest absolute Gasteiger partial charge is 0.305 e. The average Bonchev–Trinajstić information content (AvgIpc) is 0.831. The number of unbranched alkanes of at least 4 members (excludes halogenated alkanes) is 2. The number of pyridine rings is 8. The predicted octanol–water partition coefficient (Wildman–Crippen LogP) is 28.2. The number of hydrogen-bond acceptors (Lipinski definition) is 8. The molecule has 1 aliphatic carbocycles. The zero-order chi connectivity index (χ0) is 112. The number of aryl methyl sites for hydroxylation is 2. The van der Waals surface area contributed by atoms with Gasteiger partial charge in [0.1, 0.15) is 0 Å². The minimum Gasteiger partial charge on any atom is -0.305 e. The van der Waals surface area contributed by atoms with Crippen LogP contribution in [-0.4, -0.2) is 72.2 Å². The molecule has 1 fully saturated rings.